The number of fused-ring (bicyclic) bond motifs is 1. The van der Waals surface area contributed by atoms with Gasteiger partial charge in [0.05, 0.1) is 38.5 Å². The molecule has 43 heavy (non-hydrogen) atoms. The maximum Gasteiger partial charge on any atom is 0.416 e. The zero-order valence-corrected chi connectivity index (χ0v) is 24.6. The van der Waals surface area contributed by atoms with Crippen molar-refractivity contribution in [2.24, 2.45) is 0 Å². The zero-order chi connectivity index (χ0) is 30.8. The Kier molecular flexibility index (Phi) is 10.4. The van der Waals surface area contributed by atoms with E-state index in [-0.39, 0.29) is 30.1 Å². The summed E-state index contributed by atoms with van der Waals surface area (Å²) in [7, 11) is 4.01. The van der Waals surface area contributed by atoms with Crippen LogP contribution in [0.2, 0.25) is 0 Å². The van der Waals surface area contributed by atoms with Crippen LogP contribution in [0.3, 0.4) is 0 Å². The van der Waals surface area contributed by atoms with Crippen LogP contribution >= 0.6 is 12.4 Å². The average Bonchev–Trinajstić information content (AvgIpc) is 2.95. The van der Waals surface area contributed by atoms with E-state index in [4.69, 9.17) is 14.2 Å². The molecule has 0 fully saturated rings. The summed E-state index contributed by atoms with van der Waals surface area (Å²) in [5.74, 6) is 0.762. The van der Waals surface area contributed by atoms with Gasteiger partial charge in [0.2, 0.25) is 0 Å². The van der Waals surface area contributed by atoms with Crippen molar-refractivity contribution in [3.8, 4) is 11.5 Å². The van der Waals surface area contributed by atoms with Gasteiger partial charge in [0, 0.05) is 36.4 Å². The van der Waals surface area contributed by atoms with Gasteiger partial charge in [-0.3, -0.25) is 4.90 Å². The molecule has 0 bridgehead atoms. The second kappa shape index (κ2) is 13.2. The van der Waals surface area contributed by atoms with Gasteiger partial charge < -0.3 is 19.1 Å². The largest absolute Gasteiger partial charge is 0.493 e. The van der Waals surface area contributed by atoms with Gasteiger partial charge in [0.1, 0.15) is 0 Å². The normalized spacial score (nSPS) is 16.6. The Balaban J connectivity index is 0.00000506. The molecule has 1 aliphatic rings. The lowest BCUT2D eigenvalue weighted by molar-refractivity contribution is -0.143. The van der Waals surface area contributed by atoms with Crippen LogP contribution in [0, 0.1) is 0 Å². The van der Waals surface area contributed by atoms with Crippen molar-refractivity contribution in [2.75, 3.05) is 26.2 Å². The number of alkyl halides is 6. The van der Waals surface area contributed by atoms with Crippen LogP contribution in [-0.2, 0) is 30.2 Å². The van der Waals surface area contributed by atoms with Crippen molar-refractivity contribution >= 4 is 24.2 Å². The van der Waals surface area contributed by atoms with Gasteiger partial charge in [-0.05, 0) is 48.7 Å². The lowest BCUT2D eigenvalue weighted by atomic mass is 9.89. The maximum atomic E-state index is 13.6. The highest BCUT2D eigenvalue weighted by molar-refractivity contribution is 5.85. The SMILES string of the molecule is COC(=O)N(Cc1cc(C(F)(F)F)cc(C(F)(F)F)c1)[C@@H]1C[C@H](C)N(Cc2ccccc2)c2cc(OC)c(OC)cc21.Cl. The quantitative estimate of drug-likeness (QED) is 0.246. The molecule has 0 aliphatic carbocycles. The molecule has 3 aromatic carbocycles. The van der Waals surface area contributed by atoms with Crippen LogP contribution in [0.15, 0.2) is 60.7 Å². The molecule has 0 saturated heterocycles. The average molecular weight is 633 g/mol. The van der Waals surface area contributed by atoms with Crippen LogP contribution < -0.4 is 14.4 Å². The van der Waals surface area contributed by atoms with E-state index in [2.05, 4.69) is 4.90 Å². The fourth-order valence-corrected chi connectivity index (χ4v) is 5.26. The summed E-state index contributed by atoms with van der Waals surface area (Å²) in [6, 6.07) is 13.4. The summed E-state index contributed by atoms with van der Waals surface area (Å²) in [4.78, 5) is 16.4. The molecule has 1 amide bonds. The molecule has 0 saturated carbocycles. The number of anilines is 1. The second-order valence-corrected chi connectivity index (χ2v) is 9.99. The number of hydrogen-bond donors (Lipinski definition) is 0. The van der Waals surface area contributed by atoms with Gasteiger partial charge in [-0.25, -0.2) is 4.79 Å². The topological polar surface area (TPSA) is 51.2 Å². The molecular weight excluding hydrogens is 602 g/mol. The fraction of sp³-hybridized carbons (Fsp3) is 0.367. The number of benzene rings is 3. The molecule has 1 heterocycles. The van der Waals surface area contributed by atoms with E-state index in [1.54, 1.807) is 12.1 Å². The van der Waals surface area contributed by atoms with Gasteiger partial charge >= 0.3 is 18.4 Å². The lowest BCUT2D eigenvalue weighted by Gasteiger charge is -2.44. The fourth-order valence-electron chi connectivity index (χ4n) is 5.26. The third kappa shape index (κ3) is 7.41. The molecule has 3 aromatic rings. The van der Waals surface area contributed by atoms with Crippen LogP contribution in [0.1, 0.15) is 47.2 Å². The third-order valence-electron chi connectivity index (χ3n) is 7.28. The van der Waals surface area contributed by atoms with Crippen molar-refractivity contribution < 1.29 is 45.3 Å². The number of nitrogens with zero attached hydrogens (tertiary/aromatic N) is 2. The monoisotopic (exact) mass is 632 g/mol. The maximum absolute atomic E-state index is 13.6. The minimum atomic E-state index is -5.03. The standard InChI is InChI=1S/C30H30F6N2O4.ClH/c1-18-10-24(23-14-26(40-2)27(41-3)15-25(23)37(18)16-19-8-6-5-7-9-19)38(28(39)42-4)17-20-11-21(29(31,32)33)13-22(12-20)30(34,35)36;/h5-9,11-15,18,24H,10,16-17H2,1-4H3;1H/t18-,24+;/m0./s1. The van der Waals surface area contributed by atoms with E-state index in [1.807, 2.05) is 37.3 Å². The summed E-state index contributed by atoms with van der Waals surface area (Å²) >= 11 is 0. The Labute approximate surface area is 251 Å². The minimum Gasteiger partial charge on any atom is -0.493 e. The third-order valence-corrected chi connectivity index (χ3v) is 7.28. The Morgan fingerprint density at radius 1 is 0.860 bits per heavy atom. The first-order chi connectivity index (χ1) is 19.8. The first-order valence-electron chi connectivity index (χ1n) is 13.0. The zero-order valence-electron chi connectivity index (χ0n) is 23.8. The Bertz CT molecular complexity index is 1390. The Morgan fingerprint density at radius 2 is 1.42 bits per heavy atom. The summed E-state index contributed by atoms with van der Waals surface area (Å²) in [6.07, 6.45) is -10.7. The number of carbonyl (C=O) groups excluding carboxylic acids is 1. The molecule has 0 N–H and O–H groups in total. The van der Waals surface area contributed by atoms with E-state index in [0.29, 0.717) is 47.8 Å². The van der Waals surface area contributed by atoms with Gasteiger partial charge in [-0.1, -0.05) is 30.3 Å². The highest BCUT2D eigenvalue weighted by atomic mass is 35.5. The van der Waals surface area contributed by atoms with Crippen molar-refractivity contribution in [3.63, 3.8) is 0 Å². The van der Waals surface area contributed by atoms with Crippen molar-refractivity contribution in [1.29, 1.82) is 0 Å². The molecule has 0 aromatic heterocycles. The van der Waals surface area contributed by atoms with Gasteiger partial charge in [0.15, 0.2) is 11.5 Å². The lowest BCUT2D eigenvalue weighted by Crippen LogP contribution is -2.44. The molecule has 6 nitrogen and oxygen atoms in total. The number of rotatable bonds is 7. The summed E-state index contributed by atoms with van der Waals surface area (Å²) in [5.41, 5.74) is -1.00. The van der Waals surface area contributed by atoms with Gasteiger partial charge in [0.25, 0.3) is 0 Å². The first-order valence-corrected chi connectivity index (χ1v) is 13.0. The highest BCUT2D eigenvalue weighted by Gasteiger charge is 2.40. The van der Waals surface area contributed by atoms with E-state index in [0.717, 1.165) is 17.6 Å². The molecular formula is C30H31ClF6N2O4. The molecule has 13 heteroatoms. The number of amides is 1. The van der Waals surface area contributed by atoms with E-state index in [1.165, 1.54) is 14.2 Å². The van der Waals surface area contributed by atoms with E-state index >= 15 is 0 Å². The Morgan fingerprint density at radius 3 is 1.93 bits per heavy atom. The van der Waals surface area contributed by atoms with Crippen LogP contribution in [0.25, 0.3) is 0 Å². The molecule has 234 valence electrons. The number of hydrogen-bond acceptors (Lipinski definition) is 5. The number of carbonyl (C=O) groups is 1. The van der Waals surface area contributed by atoms with Gasteiger partial charge in [-0.15, -0.1) is 12.4 Å². The molecule has 0 unspecified atom stereocenters. The van der Waals surface area contributed by atoms with Crippen LogP contribution in [0.4, 0.5) is 36.8 Å². The molecule has 1 aliphatic heterocycles. The van der Waals surface area contributed by atoms with Crippen LogP contribution in [0.5, 0.6) is 11.5 Å². The highest BCUT2D eigenvalue weighted by Crippen LogP contribution is 2.47. The Hall–Kier alpha value is -3.80. The van der Waals surface area contributed by atoms with E-state index < -0.39 is 42.2 Å². The van der Waals surface area contributed by atoms with Crippen molar-refractivity contribution in [2.45, 2.75) is 50.9 Å². The summed E-state index contributed by atoms with van der Waals surface area (Å²) in [5, 5.41) is 0. The number of halogens is 7. The predicted molar refractivity (Wildman–Crippen MR) is 151 cm³/mol. The second-order valence-electron chi connectivity index (χ2n) is 9.99. The molecule has 2 atom stereocenters. The molecule has 4 rings (SSSR count). The molecule has 0 radical (unpaired) electrons. The summed E-state index contributed by atoms with van der Waals surface area (Å²) < 4.78 is 97.4. The molecule has 0 spiro atoms. The van der Waals surface area contributed by atoms with Crippen LogP contribution in [-0.4, -0.2) is 38.4 Å². The van der Waals surface area contributed by atoms with Crippen molar-refractivity contribution in [1.82, 2.24) is 4.90 Å². The smallest absolute Gasteiger partial charge is 0.416 e. The number of ether oxygens (including phenoxy) is 3. The number of methoxy groups -OCH3 is 3. The first kappa shape index (κ1) is 33.7. The van der Waals surface area contributed by atoms with E-state index in [9.17, 15) is 31.1 Å². The van der Waals surface area contributed by atoms with Gasteiger partial charge in [-0.2, -0.15) is 26.3 Å². The predicted octanol–water partition coefficient (Wildman–Crippen LogP) is 8.27. The summed E-state index contributed by atoms with van der Waals surface area (Å²) in [6.45, 7) is 1.86. The van der Waals surface area contributed by atoms with Crippen molar-refractivity contribution in [3.05, 3.63) is 88.5 Å². The minimum absolute atomic E-state index is 0.